The van der Waals surface area contributed by atoms with Crippen LogP contribution in [0, 0.1) is 5.41 Å². The second-order valence-electron chi connectivity index (χ2n) is 13.0. The van der Waals surface area contributed by atoms with E-state index in [2.05, 4.69) is 35.9 Å². The topological polar surface area (TPSA) is 192 Å². The molecule has 4 rings (SSSR count). The summed E-state index contributed by atoms with van der Waals surface area (Å²) in [5.74, 6) is -1.42. The number of hydrogen-bond acceptors (Lipinski definition) is 13. The molecule has 6 atom stereocenters. The molecule has 0 spiro atoms. The highest BCUT2D eigenvalue weighted by molar-refractivity contribution is 7.52. The van der Waals surface area contributed by atoms with E-state index in [1.165, 1.54) is 17.8 Å². The van der Waals surface area contributed by atoms with Crippen molar-refractivity contribution in [2.45, 2.75) is 104 Å². The van der Waals surface area contributed by atoms with Crippen molar-refractivity contribution in [1.29, 1.82) is 0 Å². The van der Waals surface area contributed by atoms with Crippen molar-refractivity contribution in [2.24, 2.45) is 5.41 Å². The third-order valence-corrected chi connectivity index (χ3v) is 10.4. The number of nitrogens with two attached hydrogens (primary N) is 1. The average molecular weight is 718 g/mol. The van der Waals surface area contributed by atoms with Gasteiger partial charge in [0.2, 0.25) is 0 Å². The van der Waals surface area contributed by atoms with E-state index >= 15 is 0 Å². The number of para-hydroxylation sites is 1. The van der Waals surface area contributed by atoms with Crippen LogP contribution in [0.2, 0.25) is 0 Å². The van der Waals surface area contributed by atoms with Crippen molar-refractivity contribution >= 4 is 37.0 Å². The molecule has 1 saturated heterocycles. The maximum Gasteiger partial charge on any atom is 0.459 e. The molecule has 0 saturated carbocycles. The number of nitrogens with zero attached hydrogens (tertiary/aromatic N) is 3. The van der Waals surface area contributed by atoms with E-state index in [9.17, 15) is 18.9 Å². The Morgan fingerprint density at radius 3 is 2.42 bits per heavy atom. The number of benzene rings is 1. The zero-order valence-electron chi connectivity index (χ0n) is 29.6. The first-order chi connectivity index (χ1) is 23.6. The highest BCUT2D eigenvalue weighted by Crippen LogP contribution is 2.48. The van der Waals surface area contributed by atoms with E-state index in [1.807, 2.05) is 0 Å². The van der Waals surface area contributed by atoms with Crippen LogP contribution < -0.4 is 15.3 Å². The van der Waals surface area contributed by atoms with Crippen molar-refractivity contribution < 1.29 is 46.9 Å². The third kappa shape index (κ3) is 9.19. The van der Waals surface area contributed by atoms with Gasteiger partial charge >= 0.3 is 25.7 Å². The standard InChI is InChI=1S/C34H48N5O10P/c1-8-27(40)46-29-25(48-34(7,30(29)47-28(41)9-2)26-17-16-24-31(35)36-21-37-39(24)26)20-45-50(43,49-23-14-12-11-13-15-23)38-22(4)32(42)44-19-18-33(5,6)10-3/h11-17,21-22,25,29-30H,8-10,18-20H2,1-7H3,(H,38,43)(H2,35,36,37)/t22-,25+,29+,30+,34-,50?/m0/s1. The zero-order valence-corrected chi connectivity index (χ0v) is 30.5. The van der Waals surface area contributed by atoms with Crippen molar-refractivity contribution in [1.82, 2.24) is 19.7 Å². The lowest BCUT2D eigenvalue weighted by Crippen LogP contribution is -2.45. The summed E-state index contributed by atoms with van der Waals surface area (Å²) in [7, 11) is -4.36. The number of aromatic nitrogens is 3. The number of anilines is 1. The van der Waals surface area contributed by atoms with Gasteiger partial charge in [0, 0.05) is 12.8 Å². The van der Waals surface area contributed by atoms with Crippen LogP contribution in [0.15, 0.2) is 48.8 Å². The molecule has 3 aromatic rings. The normalized spacial score (nSPS) is 22.4. The van der Waals surface area contributed by atoms with Gasteiger partial charge in [-0.05, 0) is 49.9 Å². The SMILES string of the molecule is CCC(=O)O[C@H]1[C@@H](OC(=O)CC)[C@](C)(c2ccc3c(N)ncnn23)O[C@@H]1COP(=O)(N[C@@H](C)C(=O)OCCC(C)(C)CC)Oc1ccccc1. The molecule has 15 nitrogen and oxygen atoms in total. The summed E-state index contributed by atoms with van der Waals surface area (Å²) in [4.78, 5) is 42.5. The summed E-state index contributed by atoms with van der Waals surface area (Å²) < 4.78 is 51.4. The number of rotatable bonds is 17. The molecule has 2 aromatic heterocycles. The van der Waals surface area contributed by atoms with Crippen LogP contribution in [0.3, 0.4) is 0 Å². The molecule has 3 N–H and O–H groups in total. The van der Waals surface area contributed by atoms with E-state index in [-0.39, 0.29) is 36.4 Å². The van der Waals surface area contributed by atoms with Gasteiger partial charge in [-0.25, -0.2) is 14.1 Å². The largest absolute Gasteiger partial charge is 0.465 e. The molecule has 1 fully saturated rings. The molecular weight excluding hydrogens is 669 g/mol. The van der Waals surface area contributed by atoms with Gasteiger partial charge in [-0.3, -0.25) is 18.9 Å². The fraction of sp³-hybridized carbons (Fsp3) is 0.559. The van der Waals surface area contributed by atoms with Crippen LogP contribution in [0.4, 0.5) is 5.82 Å². The Bertz CT molecular complexity index is 1690. The van der Waals surface area contributed by atoms with Gasteiger partial charge in [0.1, 0.15) is 35.3 Å². The summed E-state index contributed by atoms with van der Waals surface area (Å²) in [5.41, 5.74) is 5.48. The Balaban J connectivity index is 1.65. The number of ether oxygens (including phenoxy) is 4. The van der Waals surface area contributed by atoms with Crippen molar-refractivity contribution in [2.75, 3.05) is 18.9 Å². The molecule has 1 unspecified atom stereocenters. The van der Waals surface area contributed by atoms with E-state index < -0.39 is 62.2 Å². The zero-order chi connectivity index (χ0) is 36.7. The number of fused-ring (bicyclic) bond motifs is 1. The van der Waals surface area contributed by atoms with Crippen LogP contribution in [0.1, 0.15) is 79.8 Å². The van der Waals surface area contributed by atoms with E-state index in [1.54, 1.807) is 63.2 Å². The summed E-state index contributed by atoms with van der Waals surface area (Å²) in [6.45, 7) is 12.3. The highest BCUT2D eigenvalue weighted by atomic mass is 31.2. The number of hydrogen-bond donors (Lipinski definition) is 2. The van der Waals surface area contributed by atoms with E-state index in [0.29, 0.717) is 17.6 Å². The minimum Gasteiger partial charge on any atom is -0.465 e. The first-order valence-electron chi connectivity index (χ1n) is 16.7. The molecule has 3 heterocycles. The van der Waals surface area contributed by atoms with Gasteiger partial charge in [0.15, 0.2) is 18.0 Å². The van der Waals surface area contributed by atoms with Crippen molar-refractivity contribution in [3.8, 4) is 5.75 Å². The molecule has 1 aliphatic rings. The number of nitrogen functional groups attached to an aromatic ring is 1. The molecule has 0 aliphatic carbocycles. The summed E-state index contributed by atoms with van der Waals surface area (Å²) in [5, 5.41) is 7.00. The highest BCUT2D eigenvalue weighted by Gasteiger charge is 2.59. The predicted molar refractivity (Wildman–Crippen MR) is 183 cm³/mol. The van der Waals surface area contributed by atoms with Crippen LogP contribution in [0.25, 0.3) is 5.52 Å². The smallest absolute Gasteiger partial charge is 0.459 e. The fourth-order valence-electron chi connectivity index (χ4n) is 5.30. The monoisotopic (exact) mass is 717 g/mol. The molecule has 0 amide bonds. The Hall–Kier alpha value is -4.04. The minimum atomic E-state index is -4.36. The second kappa shape index (κ2) is 16.3. The van der Waals surface area contributed by atoms with E-state index in [0.717, 1.165) is 6.42 Å². The Kier molecular flexibility index (Phi) is 12.7. The molecule has 16 heteroatoms. The minimum absolute atomic E-state index is 0.0132. The summed E-state index contributed by atoms with van der Waals surface area (Å²) >= 11 is 0. The molecule has 0 bridgehead atoms. The lowest BCUT2D eigenvalue weighted by atomic mass is 9.87. The number of esters is 3. The molecule has 1 aliphatic heterocycles. The van der Waals surface area contributed by atoms with E-state index in [4.69, 9.17) is 33.7 Å². The first kappa shape index (κ1) is 38.8. The molecular formula is C34H48N5O10P. The maximum absolute atomic E-state index is 14.4. The molecule has 50 heavy (non-hydrogen) atoms. The lowest BCUT2D eigenvalue weighted by molar-refractivity contribution is -0.170. The van der Waals surface area contributed by atoms with Crippen LogP contribution in [0.5, 0.6) is 5.75 Å². The first-order valence-corrected chi connectivity index (χ1v) is 18.3. The third-order valence-electron chi connectivity index (χ3n) is 8.76. The van der Waals surface area contributed by atoms with Crippen molar-refractivity contribution in [3.05, 3.63) is 54.5 Å². The van der Waals surface area contributed by atoms with Gasteiger partial charge in [-0.2, -0.15) is 10.2 Å². The summed E-state index contributed by atoms with van der Waals surface area (Å²) in [6.07, 6.45) is -0.705. The van der Waals surface area contributed by atoms with Gasteiger partial charge in [0.25, 0.3) is 0 Å². The van der Waals surface area contributed by atoms with Crippen molar-refractivity contribution in [3.63, 3.8) is 0 Å². The summed E-state index contributed by atoms with van der Waals surface area (Å²) in [6, 6.07) is 10.5. The number of nitrogens with one attached hydrogen (secondary N) is 1. The average Bonchev–Trinajstić information content (AvgIpc) is 3.64. The Morgan fingerprint density at radius 2 is 1.76 bits per heavy atom. The van der Waals surface area contributed by atoms with Crippen LogP contribution in [-0.2, 0) is 48.0 Å². The molecule has 274 valence electrons. The predicted octanol–water partition coefficient (Wildman–Crippen LogP) is 5.12. The lowest BCUT2D eigenvalue weighted by Gasteiger charge is -2.31. The fourth-order valence-corrected chi connectivity index (χ4v) is 6.80. The maximum atomic E-state index is 14.4. The van der Waals surface area contributed by atoms with Crippen LogP contribution in [-0.4, -0.2) is 70.1 Å². The quantitative estimate of drug-likeness (QED) is 0.106. The van der Waals surface area contributed by atoms with Crippen LogP contribution >= 0.6 is 7.75 Å². The second-order valence-corrected chi connectivity index (χ2v) is 14.7. The Labute approximate surface area is 292 Å². The van der Waals surface area contributed by atoms with Gasteiger partial charge in [-0.15, -0.1) is 0 Å². The molecule has 0 radical (unpaired) electrons. The van der Waals surface area contributed by atoms with Gasteiger partial charge < -0.3 is 29.2 Å². The molecule has 1 aromatic carbocycles. The number of carbonyl (C=O) groups excluding carboxylic acids is 3. The van der Waals surface area contributed by atoms with Gasteiger partial charge in [-0.1, -0.05) is 59.2 Å². The Morgan fingerprint density at radius 1 is 1.08 bits per heavy atom. The number of carbonyl (C=O) groups is 3. The van der Waals surface area contributed by atoms with Gasteiger partial charge in [0.05, 0.1) is 18.9 Å².